The molecule has 0 N–H and O–H groups in total. The monoisotopic (exact) mass is 136 g/mol. The van der Waals surface area contributed by atoms with Crippen LogP contribution in [0.3, 0.4) is 0 Å². The van der Waals surface area contributed by atoms with Crippen molar-refractivity contribution in [1.29, 1.82) is 0 Å². The zero-order valence-corrected chi connectivity index (χ0v) is 6.55. The van der Waals surface area contributed by atoms with E-state index in [1.807, 2.05) is 0 Å². The Labute approximate surface area is 63.0 Å². The maximum atomic E-state index is 1.62. The van der Waals surface area contributed by atoms with E-state index < -0.39 is 0 Å². The fraction of sp³-hybridized carbons (Fsp3) is 1.00. The van der Waals surface area contributed by atoms with Crippen LogP contribution in [0.5, 0.6) is 0 Å². The van der Waals surface area contributed by atoms with Crippen molar-refractivity contribution in [3.63, 3.8) is 0 Å². The molecule has 4 unspecified atom stereocenters. The molecule has 56 valence electrons. The summed E-state index contributed by atoms with van der Waals surface area (Å²) in [4.78, 5) is 0. The smallest absolute Gasteiger partial charge is 0.0352 e. The van der Waals surface area contributed by atoms with Crippen LogP contribution in [0.15, 0.2) is 0 Å². The van der Waals surface area contributed by atoms with Crippen LogP contribution in [0.4, 0.5) is 0 Å². The van der Waals surface area contributed by atoms with Crippen LogP contribution in [0.2, 0.25) is 0 Å². The number of hydrogen-bond donors (Lipinski definition) is 0. The van der Waals surface area contributed by atoms with Crippen LogP contribution < -0.4 is 0 Å². The van der Waals surface area contributed by atoms with Crippen molar-refractivity contribution in [1.82, 2.24) is 0 Å². The van der Waals surface area contributed by atoms with Gasteiger partial charge in [0, 0.05) is 0 Å². The van der Waals surface area contributed by atoms with Crippen molar-refractivity contribution in [3.05, 3.63) is 0 Å². The van der Waals surface area contributed by atoms with Gasteiger partial charge in [-0.05, 0) is 42.9 Å². The summed E-state index contributed by atoms with van der Waals surface area (Å²) in [6.45, 7) is 0. The van der Waals surface area contributed by atoms with Gasteiger partial charge in [0.05, 0.1) is 0 Å². The highest BCUT2D eigenvalue weighted by atomic mass is 14.6. The Morgan fingerprint density at radius 3 is 2.50 bits per heavy atom. The minimum atomic E-state index is 1.19. The lowest BCUT2D eigenvalue weighted by atomic mass is 9.79. The Morgan fingerprint density at radius 2 is 1.60 bits per heavy atom. The summed E-state index contributed by atoms with van der Waals surface area (Å²) in [5.41, 5.74) is 0. The van der Waals surface area contributed by atoms with Gasteiger partial charge in [0.15, 0.2) is 0 Å². The normalized spacial score (nSPS) is 57.6. The van der Waals surface area contributed by atoms with Gasteiger partial charge in [-0.3, -0.25) is 0 Å². The lowest BCUT2D eigenvalue weighted by molar-refractivity contribution is 0.241. The number of fused-ring (bicyclic) bond motifs is 3. The highest BCUT2D eigenvalue weighted by Crippen LogP contribution is 2.61. The fourth-order valence-corrected chi connectivity index (χ4v) is 3.55. The quantitative estimate of drug-likeness (QED) is 0.480. The molecular weight excluding hydrogens is 120 g/mol. The second-order valence-electron chi connectivity index (χ2n) is 4.60. The van der Waals surface area contributed by atoms with Crippen molar-refractivity contribution in [3.8, 4) is 0 Å². The third-order valence-electron chi connectivity index (χ3n) is 4.10. The standard InChI is InChI=1S/C10H16/c1-2-4-9-7(3-1)5-8-6-10(8)9/h7-10H,1-6H2. The second kappa shape index (κ2) is 1.78. The van der Waals surface area contributed by atoms with E-state index in [2.05, 4.69) is 0 Å². The fourth-order valence-electron chi connectivity index (χ4n) is 3.55. The van der Waals surface area contributed by atoms with E-state index in [9.17, 15) is 0 Å². The zero-order chi connectivity index (χ0) is 6.55. The van der Waals surface area contributed by atoms with E-state index in [-0.39, 0.29) is 0 Å². The minimum absolute atomic E-state index is 1.19. The molecule has 0 aromatic rings. The molecule has 3 saturated carbocycles. The largest absolute Gasteiger partial charge is 0.0530 e. The van der Waals surface area contributed by atoms with Crippen LogP contribution in [-0.4, -0.2) is 0 Å². The maximum Gasteiger partial charge on any atom is -0.0352 e. The van der Waals surface area contributed by atoms with Crippen molar-refractivity contribution in [2.75, 3.05) is 0 Å². The lowest BCUT2D eigenvalue weighted by Crippen LogP contribution is -2.16. The van der Waals surface area contributed by atoms with E-state index >= 15 is 0 Å². The molecule has 3 fully saturated rings. The summed E-state index contributed by atoms with van der Waals surface area (Å²) in [7, 11) is 0. The molecule has 3 rings (SSSR count). The Kier molecular flexibility index (Phi) is 1.00. The summed E-state index contributed by atoms with van der Waals surface area (Å²) in [5, 5.41) is 0. The molecule has 0 spiro atoms. The first-order chi connectivity index (χ1) is 4.95. The van der Waals surface area contributed by atoms with Crippen LogP contribution in [0.25, 0.3) is 0 Å². The molecule has 0 nitrogen and oxygen atoms in total. The molecule has 0 heterocycles. The molecule has 0 amide bonds. The van der Waals surface area contributed by atoms with Crippen molar-refractivity contribution < 1.29 is 0 Å². The average Bonchev–Trinajstić information content (AvgIpc) is 2.64. The van der Waals surface area contributed by atoms with E-state index in [4.69, 9.17) is 0 Å². The summed E-state index contributed by atoms with van der Waals surface area (Å²) in [6.07, 6.45) is 9.49. The van der Waals surface area contributed by atoms with Crippen LogP contribution >= 0.6 is 0 Å². The van der Waals surface area contributed by atoms with Gasteiger partial charge in [0.1, 0.15) is 0 Å². The predicted molar refractivity (Wildman–Crippen MR) is 41.7 cm³/mol. The summed E-state index contributed by atoms with van der Waals surface area (Å²) in [6, 6.07) is 0. The van der Waals surface area contributed by atoms with Crippen molar-refractivity contribution in [2.45, 2.75) is 38.5 Å². The van der Waals surface area contributed by atoms with Gasteiger partial charge in [0.25, 0.3) is 0 Å². The summed E-state index contributed by atoms with van der Waals surface area (Å²) < 4.78 is 0. The molecule has 3 aliphatic carbocycles. The Bertz CT molecular complexity index is 150. The average molecular weight is 136 g/mol. The SMILES string of the molecule is C1CCC2C(C1)CC1CC12. The third-order valence-corrected chi connectivity index (χ3v) is 4.10. The Balaban J connectivity index is 1.80. The van der Waals surface area contributed by atoms with E-state index in [0.29, 0.717) is 0 Å². The molecular formula is C10H16. The predicted octanol–water partition coefficient (Wildman–Crippen LogP) is 2.83. The molecule has 4 atom stereocenters. The summed E-state index contributed by atoms with van der Waals surface area (Å²) in [5.74, 6) is 4.84. The maximum absolute atomic E-state index is 1.62. The minimum Gasteiger partial charge on any atom is -0.0530 e. The van der Waals surface area contributed by atoms with Crippen molar-refractivity contribution in [2.24, 2.45) is 23.7 Å². The van der Waals surface area contributed by atoms with Crippen LogP contribution in [-0.2, 0) is 0 Å². The van der Waals surface area contributed by atoms with Crippen LogP contribution in [0, 0.1) is 23.7 Å². The topological polar surface area (TPSA) is 0 Å². The molecule has 0 saturated heterocycles. The zero-order valence-electron chi connectivity index (χ0n) is 6.55. The Morgan fingerprint density at radius 1 is 0.700 bits per heavy atom. The number of hydrogen-bond acceptors (Lipinski definition) is 0. The molecule has 0 radical (unpaired) electrons. The van der Waals surface area contributed by atoms with Crippen molar-refractivity contribution >= 4 is 0 Å². The highest BCUT2D eigenvalue weighted by molar-refractivity contribution is 5.02. The summed E-state index contributed by atoms with van der Waals surface area (Å²) >= 11 is 0. The highest BCUT2D eigenvalue weighted by Gasteiger charge is 2.52. The van der Waals surface area contributed by atoms with Gasteiger partial charge in [-0.15, -0.1) is 0 Å². The first kappa shape index (κ1) is 5.62. The molecule has 3 aliphatic rings. The van der Waals surface area contributed by atoms with Gasteiger partial charge < -0.3 is 0 Å². The molecule has 0 heteroatoms. The second-order valence-corrected chi connectivity index (χ2v) is 4.60. The van der Waals surface area contributed by atoms with E-state index in [1.165, 1.54) is 23.7 Å². The molecule has 0 aromatic heterocycles. The van der Waals surface area contributed by atoms with E-state index in [1.54, 1.807) is 38.5 Å². The molecule has 0 aromatic carbocycles. The van der Waals surface area contributed by atoms with Gasteiger partial charge >= 0.3 is 0 Å². The van der Waals surface area contributed by atoms with Gasteiger partial charge in [0.2, 0.25) is 0 Å². The van der Waals surface area contributed by atoms with Gasteiger partial charge in [-0.1, -0.05) is 19.3 Å². The molecule has 10 heavy (non-hydrogen) atoms. The number of rotatable bonds is 0. The first-order valence-corrected chi connectivity index (χ1v) is 4.95. The van der Waals surface area contributed by atoms with Crippen LogP contribution in [0.1, 0.15) is 38.5 Å². The molecule has 0 bridgehead atoms. The molecule has 0 aliphatic heterocycles. The van der Waals surface area contributed by atoms with Gasteiger partial charge in [-0.2, -0.15) is 0 Å². The van der Waals surface area contributed by atoms with Gasteiger partial charge in [-0.25, -0.2) is 0 Å². The van der Waals surface area contributed by atoms with E-state index in [0.717, 1.165) is 0 Å². The Hall–Kier alpha value is 0. The first-order valence-electron chi connectivity index (χ1n) is 4.95. The third kappa shape index (κ3) is 0.627. The lowest BCUT2D eigenvalue weighted by Gasteiger charge is -2.27.